The molecule has 0 aliphatic heterocycles. The number of nitrogens with zero attached hydrogens (tertiary/aromatic N) is 2. The van der Waals surface area contributed by atoms with Gasteiger partial charge in [0.2, 0.25) is 0 Å². The third-order valence-electron chi connectivity index (χ3n) is 1.96. The van der Waals surface area contributed by atoms with E-state index in [9.17, 15) is 18.0 Å². The molecule has 8 heteroatoms. The maximum atomic E-state index is 12.0. The van der Waals surface area contributed by atoms with Crippen molar-refractivity contribution in [2.75, 3.05) is 0 Å². The van der Waals surface area contributed by atoms with Crippen molar-refractivity contribution in [3.63, 3.8) is 0 Å². The van der Waals surface area contributed by atoms with Gasteiger partial charge in [-0.2, -0.15) is 18.3 Å². The van der Waals surface area contributed by atoms with Crippen molar-refractivity contribution in [3.05, 3.63) is 18.0 Å². The molecule has 0 fully saturated rings. The molecule has 1 aromatic rings. The fourth-order valence-electron chi connectivity index (χ4n) is 1.13. The topological polar surface area (TPSA) is 81.1 Å². The summed E-state index contributed by atoms with van der Waals surface area (Å²) in [5.41, 5.74) is 4.98. The van der Waals surface area contributed by atoms with Crippen LogP contribution in [-0.2, 0) is 6.54 Å². The van der Waals surface area contributed by atoms with Gasteiger partial charge >= 0.3 is 6.18 Å². The van der Waals surface area contributed by atoms with Crippen molar-refractivity contribution < 1.29 is 23.1 Å². The molecule has 1 rings (SSSR count). The lowest BCUT2D eigenvalue weighted by Gasteiger charge is -2.14. The van der Waals surface area contributed by atoms with Crippen LogP contribution in [0.2, 0.25) is 0 Å². The first-order chi connectivity index (χ1) is 7.32. The third kappa shape index (κ3) is 2.96. The quantitative estimate of drug-likeness (QED) is 0.790. The Balaban J connectivity index is 2.62. The highest BCUT2D eigenvalue weighted by Crippen LogP contribution is 2.22. The van der Waals surface area contributed by atoms with Crippen LogP contribution in [0, 0.1) is 0 Å². The zero-order chi connectivity index (χ0) is 12.3. The largest absolute Gasteiger partial charge is 0.414 e. The second kappa shape index (κ2) is 4.52. The third-order valence-corrected chi connectivity index (χ3v) is 1.96. The van der Waals surface area contributed by atoms with E-state index in [2.05, 4.69) is 5.10 Å². The lowest BCUT2D eigenvalue weighted by molar-refractivity contribution is -0.206. The van der Waals surface area contributed by atoms with Gasteiger partial charge in [0.05, 0.1) is 0 Å². The Labute approximate surface area is 88.7 Å². The molecule has 0 saturated heterocycles. The Hall–Kier alpha value is -1.57. The lowest BCUT2D eigenvalue weighted by Crippen LogP contribution is -2.30. The van der Waals surface area contributed by atoms with Gasteiger partial charge in [-0.25, -0.2) is 0 Å². The van der Waals surface area contributed by atoms with E-state index in [4.69, 9.17) is 10.8 Å². The average Bonchev–Trinajstić information content (AvgIpc) is 2.60. The summed E-state index contributed by atoms with van der Waals surface area (Å²) in [6.07, 6.45) is -6.43. The van der Waals surface area contributed by atoms with Crippen LogP contribution in [-0.4, -0.2) is 33.1 Å². The van der Waals surface area contributed by atoms with Gasteiger partial charge in [-0.1, -0.05) is 0 Å². The van der Waals surface area contributed by atoms with E-state index >= 15 is 0 Å². The summed E-state index contributed by atoms with van der Waals surface area (Å²) in [6, 6.07) is 1.29. The normalized spacial score (nSPS) is 13.8. The maximum absolute atomic E-state index is 12.0. The van der Waals surface area contributed by atoms with Crippen molar-refractivity contribution in [2.45, 2.75) is 25.2 Å². The second-order valence-electron chi connectivity index (χ2n) is 3.15. The Kier molecular flexibility index (Phi) is 3.53. The van der Waals surface area contributed by atoms with Gasteiger partial charge in [0.15, 0.2) is 6.10 Å². The highest BCUT2D eigenvalue weighted by Gasteiger charge is 2.37. The van der Waals surface area contributed by atoms with Crippen molar-refractivity contribution >= 4 is 5.91 Å². The molecule has 0 bridgehead atoms. The number of rotatable bonds is 4. The molecule has 0 saturated carbocycles. The van der Waals surface area contributed by atoms with Gasteiger partial charge in [-0.3, -0.25) is 9.48 Å². The summed E-state index contributed by atoms with van der Waals surface area (Å²) in [5.74, 6) is -0.779. The van der Waals surface area contributed by atoms with Gasteiger partial charge < -0.3 is 10.8 Å². The number of primary amides is 1. The van der Waals surface area contributed by atoms with E-state index in [0.29, 0.717) is 0 Å². The number of aryl methyl sites for hydroxylation is 1. The molecule has 90 valence electrons. The number of carbonyl (C=O) groups is 1. The molecular weight excluding hydrogens is 227 g/mol. The lowest BCUT2D eigenvalue weighted by atomic mass is 10.2. The monoisotopic (exact) mass is 237 g/mol. The first-order valence-electron chi connectivity index (χ1n) is 4.38. The van der Waals surface area contributed by atoms with Crippen LogP contribution in [0.4, 0.5) is 13.2 Å². The zero-order valence-electron chi connectivity index (χ0n) is 8.11. The highest BCUT2D eigenvalue weighted by atomic mass is 19.4. The number of nitrogens with two attached hydrogens (primary N) is 1. The number of aliphatic hydroxyl groups is 1. The van der Waals surface area contributed by atoms with Crippen LogP contribution in [0.25, 0.3) is 0 Å². The Morgan fingerprint density at radius 1 is 1.62 bits per heavy atom. The van der Waals surface area contributed by atoms with E-state index in [0.717, 1.165) is 4.68 Å². The standard InChI is InChI=1S/C8H10F3N3O2/c9-8(10,11)6(15)2-4-14-5(7(12)16)1-3-13-14/h1,3,6,15H,2,4H2,(H2,12,16). The minimum Gasteiger partial charge on any atom is -0.384 e. The number of aliphatic hydroxyl groups excluding tert-OH is 1. The predicted molar refractivity (Wildman–Crippen MR) is 47.4 cm³/mol. The number of amides is 1. The van der Waals surface area contributed by atoms with Crippen LogP contribution in [0.5, 0.6) is 0 Å². The van der Waals surface area contributed by atoms with Crippen molar-refractivity contribution in [3.8, 4) is 0 Å². The van der Waals surface area contributed by atoms with Crippen molar-refractivity contribution in [1.29, 1.82) is 0 Å². The molecule has 0 radical (unpaired) electrons. The predicted octanol–water partition coefficient (Wildman–Crippen LogP) is 0.295. The Bertz CT molecular complexity index is 375. The maximum Gasteiger partial charge on any atom is 0.414 e. The van der Waals surface area contributed by atoms with Crippen LogP contribution in [0.1, 0.15) is 16.9 Å². The number of alkyl halides is 3. The van der Waals surface area contributed by atoms with Crippen molar-refractivity contribution in [2.24, 2.45) is 5.73 Å². The van der Waals surface area contributed by atoms with Gasteiger partial charge in [-0.05, 0) is 6.07 Å². The van der Waals surface area contributed by atoms with Crippen LogP contribution in [0.3, 0.4) is 0 Å². The van der Waals surface area contributed by atoms with Gasteiger partial charge in [0.25, 0.3) is 5.91 Å². The highest BCUT2D eigenvalue weighted by molar-refractivity contribution is 5.90. The van der Waals surface area contributed by atoms with E-state index in [1.54, 1.807) is 0 Å². The number of hydrogen-bond donors (Lipinski definition) is 2. The van der Waals surface area contributed by atoms with Crippen LogP contribution >= 0.6 is 0 Å². The van der Waals surface area contributed by atoms with E-state index < -0.39 is 24.6 Å². The molecule has 1 aromatic heterocycles. The number of carbonyl (C=O) groups excluding carboxylic acids is 1. The molecule has 1 unspecified atom stereocenters. The molecule has 1 atom stereocenters. The second-order valence-corrected chi connectivity index (χ2v) is 3.15. The fraction of sp³-hybridized carbons (Fsp3) is 0.500. The van der Waals surface area contributed by atoms with Crippen LogP contribution < -0.4 is 5.73 Å². The number of aromatic nitrogens is 2. The molecule has 0 aromatic carbocycles. The summed E-state index contributed by atoms with van der Waals surface area (Å²) in [4.78, 5) is 10.8. The summed E-state index contributed by atoms with van der Waals surface area (Å²) in [6.45, 7) is -0.230. The minimum absolute atomic E-state index is 0.00868. The summed E-state index contributed by atoms with van der Waals surface area (Å²) in [5, 5.41) is 12.4. The molecule has 0 aliphatic rings. The van der Waals surface area contributed by atoms with E-state index in [-0.39, 0.29) is 12.2 Å². The van der Waals surface area contributed by atoms with Gasteiger partial charge in [0.1, 0.15) is 5.69 Å². The van der Waals surface area contributed by atoms with Crippen LogP contribution in [0.15, 0.2) is 12.3 Å². The Morgan fingerprint density at radius 2 is 2.25 bits per heavy atom. The summed E-state index contributed by atoms with van der Waals surface area (Å²) in [7, 11) is 0. The molecule has 1 heterocycles. The zero-order valence-corrected chi connectivity index (χ0v) is 8.11. The summed E-state index contributed by atoms with van der Waals surface area (Å²) < 4.78 is 36.9. The molecule has 0 aliphatic carbocycles. The van der Waals surface area contributed by atoms with E-state index in [1.165, 1.54) is 12.3 Å². The average molecular weight is 237 g/mol. The summed E-state index contributed by atoms with van der Waals surface area (Å²) >= 11 is 0. The molecular formula is C8H10F3N3O2. The minimum atomic E-state index is -4.67. The van der Waals surface area contributed by atoms with Gasteiger partial charge in [-0.15, -0.1) is 0 Å². The smallest absolute Gasteiger partial charge is 0.384 e. The first kappa shape index (κ1) is 12.5. The Morgan fingerprint density at radius 3 is 2.75 bits per heavy atom. The first-order valence-corrected chi connectivity index (χ1v) is 4.38. The molecule has 16 heavy (non-hydrogen) atoms. The fourth-order valence-corrected chi connectivity index (χ4v) is 1.13. The SMILES string of the molecule is NC(=O)c1ccnn1CCC(O)C(F)(F)F. The molecule has 1 amide bonds. The molecule has 3 N–H and O–H groups in total. The molecule has 5 nitrogen and oxygen atoms in total. The number of hydrogen-bond acceptors (Lipinski definition) is 3. The molecule has 0 spiro atoms. The number of halogens is 3. The van der Waals surface area contributed by atoms with E-state index in [1.807, 2.05) is 0 Å². The van der Waals surface area contributed by atoms with Gasteiger partial charge in [0, 0.05) is 19.2 Å². The van der Waals surface area contributed by atoms with Crippen molar-refractivity contribution in [1.82, 2.24) is 9.78 Å².